The van der Waals surface area contributed by atoms with Crippen LogP contribution < -0.4 is 0 Å². The van der Waals surface area contributed by atoms with Crippen molar-refractivity contribution in [2.45, 2.75) is 4.90 Å². The molecule has 16 heavy (non-hydrogen) atoms. The van der Waals surface area contributed by atoms with Crippen molar-refractivity contribution < 1.29 is 0 Å². The highest BCUT2D eigenvalue weighted by Crippen LogP contribution is 2.28. The summed E-state index contributed by atoms with van der Waals surface area (Å²) < 4.78 is 1.56. The lowest BCUT2D eigenvalue weighted by atomic mass is 10.4. The molecule has 0 unspecified atom stereocenters. The van der Waals surface area contributed by atoms with Crippen molar-refractivity contribution in [2.75, 3.05) is 14.1 Å². The average molecular weight is 308 g/mol. The van der Waals surface area contributed by atoms with E-state index in [9.17, 15) is 0 Å². The van der Waals surface area contributed by atoms with Crippen LogP contribution in [-0.2, 0) is 0 Å². The van der Waals surface area contributed by atoms with Crippen LogP contribution in [0.3, 0.4) is 0 Å². The summed E-state index contributed by atoms with van der Waals surface area (Å²) in [6.45, 7) is 0. The smallest absolute Gasteiger partial charge is 0.141 e. The summed E-state index contributed by atoms with van der Waals surface area (Å²) in [7, 11) is 3.82. The maximum Gasteiger partial charge on any atom is 0.141 e. The molecule has 0 saturated heterocycles. The normalized spacial score (nSPS) is 9.94. The minimum atomic E-state index is 0.728. The predicted molar refractivity (Wildman–Crippen MR) is 83.8 cm³/mol. The average Bonchev–Trinajstić information content (AvgIpc) is 2.21. The van der Waals surface area contributed by atoms with E-state index in [0.29, 0.717) is 0 Å². The van der Waals surface area contributed by atoms with Crippen LogP contribution in [0.15, 0.2) is 29.2 Å². The molecule has 0 atom stereocenters. The molecule has 0 spiro atoms. The Morgan fingerprint density at radius 3 is 2.25 bits per heavy atom. The van der Waals surface area contributed by atoms with Gasteiger partial charge in [-0.15, -0.1) is 0 Å². The van der Waals surface area contributed by atoms with Gasteiger partial charge in [0.2, 0.25) is 0 Å². The topological polar surface area (TPSA) is 3.24 Å². The highest BCUT2D eigenvalue weighted by Gasteiger charge is 2.06. The van der Waals surface area contributed by atoms with Gasteiger partial charge in [0.25, 0.3) is 0 Å². The van der Waals surface area contributed by atoms with Crippen LogP contribution >= 0.6 is 59.6 Å². The van der Waals surface area contributed by atoms with Crippen molar-refractivity contribution in [3.8, 4) is 0 Å². The van der Waals surface area contributed by atoms with Crippen LogP contribution in [0.25, 0.3) is 0 Å². The van der Waals surface area contributed by atoms with E-state index in [1.165, 1.54) is 23.5 Å². The fourth-order valence-electron chi connectivity index (χ4n) is 0.782. The lowest BCUT2D eigenvalue weighted by molar-refractivity contribution is 0.648. The molecule has 1 aromatic carbocycles. The number of thioether (sulfide) groups is 2. The zero-order valence-electron chi connectivity index (χ0n) is 8.77. The van der Waals surface area contributed by atoms with Crippen molar-refractivity contribution in [3.63, 3.8) is 0 Å². The van der Waals surface area contributed by atoms with Crippen LogP contribution in [0.4, 0.5) is 0 Å². The Balaban J connectivity index is 2.52. The molecule has 6 heteroatoms. The van der Waals surface area contributed by atoms with Gasteiger partial charge in [-0.2, -0.15) is 0 Å². The summed E-state index contributed by atoms with van der Waals surface area (Å²) in [6, 6.07) is 7.58. The number of hydrogen-bond donors (Lipinski definition) is 0. The Hall–Kier alpha value is 0.190. The summed E-state index contributed by atoms with van der Waals surface area (Å²) in [5, 5.41) is 0.728. The molecular weight excluding hydrogens is 298 g/mol. The number of rotatable bonds is 1. The van der Waals surface area contributed by atoms with Crippen LogP contribution in [0.1, 0.15) is 0 Å². The fraction of sp³-hybridized carbons (Fsp3) is 0.200. The molecule has 0 aliphatic heterocycles. The molecule has 0 heterocycles. The van der Waals surface area contributed by atoms with Crippen LogP contribution in [0.2, 0.25) is 5.02 Å². The molecule has 0 saturated carbocycles. The third-order valence-corrected chi connectivity index (χ3v) is 4.80. The molecule has 0 aliphatic carbocycles. The molecular formula is C10H10ClNS4. The van der Waals surface area contributed by atoms with E-state index in [-0.39, 0.29) is 0 Å². The van der Waals surface area contributed by atoms with Gasteiger partial charge < -0.3 is 4.90 Å². The molecule has 0 radical (unpaired) electrons. The summed E-state index contributed by atoms with van der Waals surface area (Å²) in [5.41, 5.74) is 0. The van der Waals surface area contributed by atoms with E-state index < -0.39 is 0 Å². The van der Waals surface area contributed by atoms with E-state index in [1.807, 2.05) is 43.3 Å². The van der Waals surface area contributed by atoms with Crippen LogP contribution in [0, 0.1) is 0 Å². The number of halogens is 1. The summed E-state index contributed by atoms with van der Waals surface area (Å²) in [5.74, 6) is 0. The van der Waals surface area contributed by atoms with Gasteiger partial charge in [-0.1, -0.05) is 47.8 Å². The van der Waals surface area contributed by atoms with Gasteiger partial charge in [0.15, 0.2) is 0 Å². The number of hydrogen-bond acceptors (Lipinski definition) is 4. The molecule has 1 aromatic rings. The van der Waals surface area contributed by atoms with Crippen LogP contribution in [0.5, 0.6) is 0 Å². The van der Waals surface area contributed by atoms with Crippen LogP contribution in [-0.4, -0.2) is 26.8 Å². The Labute approximate surface area is 120 Å². The molecule has 0 aromatic heterocycles. The first-order chi connectivity index (χ1) is 7.49. The first-order valence-corrected chi connectivity index (χ1v) is 7.18. The highest BCUT2D eigenvalue weighted by molar-refractivity contribution is 8.54. The number of nitrogens with zero attached hydrogens (tertiary/aromatic N) is 1. The van der Waals surface area contributed by atoms with Crippen molar-refractivity contribution in [2.24, 2.45) is 0 Å². The Morgan fingerprint density at radius 1 is 1.19 bits per heavy atom. The quantitative estimate of drug-likeness (QED) is 0.560. The zero-order valence-corrected chi connectivity index (χ0v) is 12.8. The molecule has 0 fully saturated rings. The highest BCUT2D eigenvalue weighted by atomic mass is 35.5. The van der Waals surface area contributed by atoms with E-state index in [2.05, 4.69) is 0 Å². The van der Waals surface area contributed by atoms with Crippen molar-refractivity contribution in [1.82, 2.24) is 4.90 Å². The molecule has 1 rings (SSSR count). The lowest BCUT2D eigenvalue weighted by Crippen LogP contribution is -2.16. The maximum atomic E-state index is 5.80. The maximum absolute atomic E-state index is 5.80. The first-order valence-electron chi connectivity index (χ1n) is 4.35. The zero-order chi connectivity index (χ0) is 12.1. The van der Waals surface area contributed by atoms with Gasteiger partial charge in [-0.3, -0.25) is 0 Å². The second kappa shape index (κ2) is 6.81. The van der Waals surface area contributed by atoms with E-state index in [4.69, 9.17) is 36.0 Å². The third kappa shape index (κ3) is 5.01. The first kappa shape index (κ1) is 14.3. The van der Waals surface area contributed by atoms with Crippen molar-refractivity contribution in [3.05, 3.63) is 29.3 Å². The minimum absolute atomic E-state index is 0.728. The number of thiocarbonyl (C=S) groups is 2. The summed E-state index contributed by atoms with van der Waals surface area (Å²) in [6.07, 6.45) is 0. The van der Waals surface area contributed by atoms with Gasteiger partial charge in [0, 0.05) is 24.0 Å². The molecule has 1 nitrogen and oxygen atoms in total. The Kier molecular flexibility index (Phi) is 6.07. The van der Waals surface area contributed by atoms with Gasteiger partial charge in [-0.05, 0) is 36.0 Å². The molecule has 0 amide bonds. The van der Waals surface area contributed by atoms with Gasteiger partial charge in [-0.25, -0.2) is 0 Å². The predicted octanol–water partition coefficient (Wildman–Crippen LogP) is 4.30. The van der Waals surface area contributed by atoms with Crippen molar-refractivity contribution >= 4 is 67.4 Å². The summed E-state index contributed by atoms with van der Waals surface area (Å²) >= 11 is 19.1. The van der Waals surface area contributed by atoms with Crippen molar-refractivity contribution in [1.29, 1.82) is 0 Å². The second-order valence-electron chi connectivity index (χ2n) is 3.07. The fourth-order valence-corrected chi connectivity index (χ4v) is 3.48. The van der Waals surface area contributed by atoms with Gasteiger partial charge in [0.1, 0.15) is 7.85 Å². The lowest BCUT2D eigenvalue weighted by Gasteiger charge is -2.12. The monoisotopic (exact) mass is 307 g/mol. The SMILES string of the molecule is CN(C)C(=S)SC(=S)Sc1ccc(Cl)cc1. The summed E-state index contributed by atoms with van der Waals surface area (Å²) in [4.78, 5) is 2.94. The van der Waals surface area contributed by atoms with E-state index >= 15 is 0 Å². The molecule has 0 aliphatic rings. The largest absolute Gasteiger partial charge is 0.363 e. The minimum Gasteiger partial charge on any atom is -0.363 e. The van der Waals surface area contributed by atoms with E-state index in [0.717, 1.165) is 17.8 Å². The standard InChI is InChI=1S/C10H10ClNS4/c1-12(2)9(13)16-10(14)15-8-5-3-7(11)4-6-8/h3-6H,1-2H3. The molecule has 0 bridgehead atoms. The van der Waals surface area contributed by atoms with Gasteiger partial charge in [0.05, 0.1) is 0 Å². The van der Waals surface area contributed by atoms with E-state index in [1.54, 1.807) is 0 Å². The number of benzene rings is 1. The third-order valence-electron chi connectivity index (χ3n) is 1.55. The molecule has 86 valence electrons. The Bertz CT molecular complexity index is 388. The second-order valence-corrected chi connectivity index (χ2v) is 7.42. The Morgan fingerprint density at radius 2 is 1.75 bits per heavy atom. The van der Waals surface area contributed by atoms with Gasteiger partial charge >= 0.3 is 0 Å². The molecule has 0 N–H and O–H groups in total.